The molecule has 0 saturated heterocycles. The van der Waals surface area contributed by atoms with Crippen LogP contribution in [0.25, 0.3) is 21.0 Å². The van der Waals surface area contributed by atoms with E-state index in [0.29, 0.717) is 23.0 Å². The number of thiazole rings is 1. The maximum absolute atomic E-state index is 13.6. The molecule has 0 bridgehead atoms. The van der Waals surface area contributed by atoms with Crippen molar-refractivity contribution in [2.75, 3.05) is 38.9 Å². The molecule has 7 heteroatoms. The third-order valence-corrected chi connectivity index (χ3v) is 6.37. The van der Waals surface area contributed by atoms with E-state index in [4.69, 9.17) is 14.5 Å². The molecule has 1 amide bonds. The fourth-order valence-corrected chi connectivity index (χ4v) is 4.73. The topological polar surface area (TPSA) is 54.9 Å². The van der Waals surface area contributed by atoms with E-state index in [1.54, 1.807) is 4.90 Å². The van der Waals surface area contributed by atoms with Gasteiger partial charge in [0.05, 0.1) is 10.2 Å². The number of rotatable bonds is 6. The first-order chi connectivity index (χ1) is 15.1. The number of carbonyl (C=O) groups is 1. The summed E-state index contributed by atoms with van der Waals surface area (Å²) >= 11 is 1.50. The molecule has 4 aromatic rings. The van der Waals surface area contributed by atoms with Gasteiger partial charge in [-0.25, -0.2) is 4.98 Å². The minimum absolute atomic E-state index is 0.0383. The average Bonchev–Trinajstić information content (AvgIpc) is 3.39. The average molecular weight is 434 g/mol. The molecule has 6 nitrogen and oxygen atoms in total. The van der Waals surface area contributed by atoms with Crippen molar-refractivity contribution in [1.29, 1.82) is 0 Å². The Hall–Kier alpha value is -3.16. The van der Waals surface area contributed by atoms with Gasteiger partial charge in [-0.2, -0.15) is 0 Å². The molecule has 0 fully saturated rings. The molecule has 0 atom stereocenters. The third kappa shape index (κ3) is 3.94. The summed E-state index contributed by atoms with van der Waals surface area (Å²) in [6, 6.07) is 17.8. The van der Waals surface area contributed by atoms with Gasteiger partial charge in [-0.15, -0.1) is 0 Å². The van der Waals surface area contributed by atoms with Crippen LogP contribution in [0.15, 0.2) is 54.6 Å². The molecule has 31 heavy (non-hydrogen) atoms. The summed E-state index contributed by atoms with van der Waals surface area (Å²) in [5, 5.41) is 2.86. The summed E-state index contributed by atoms with van der Waals surface area (Å²) in [5.74, 6) is 1.38. The molecule has 0 N–H and O–H groups in total. The quantitative estimate of drug-likeness (QED) is 0.438. The second-order valence-electron chi connectivity index (χ2n) is 7.85. The van der Waals surface area contributed by atoms with Gasteiger partial charge in [-0.05, 0) is 50.0 Å². The monoisotopic (exact) mass is 433 g/mol. The van der Waals surface area contributed by atoms with Crippen LogP contribution >= 0.6 is 11.3 Å². The number of nitrogens with zero attached hydrogens (tertiary/aromatic N) is 3. The zero-order valence-corrected chi connectivity index (χ0v) is 18.3. The van der Waals surface area contributed by atoms with Crippen molar-refractivity contribution in [1.82, 2.24) is 9.88 Å². The highest BCUT2D eigenvalue weighted by Gasteiger charge is 2.23. The van der Waals surface area contributed by atoms with Crippen molar-refractivity contribution >= 4 is 43.4 Å². The van der Waals surface area contributed by atoms with Crippen molar-refractivity contribution in [2.45, 2.75) is 6.42 Å². The predicted molar refractivity (Wildman–Crippen MR) is 125 cm³/mol. The molecular formula is C24H23N3O3S. The number of benzene rings is 3. The van der Waals surface area contributed by atoms with Crippen molar-refractivity contribution in [2.24, 2.45) is 0 Å². The Morgan fingerprint density at radius 3 is 2.58 bits per heavy atom. The van der Waals surface area contributed by atoms with E-state index in [1.807, 2.05) is 62.6 Å². The molecule has 3 aromatic carbocycles. The van der Waals surface area contributed by atoms with E-state index in [0.717, 1.165) is 39.7 Å². The highest BCUT2D eigenvalue weighted by molar-refractivity contribution is 7.22. The molecule has 0 aliphatic carbocycles. The van der Waals surface area contributed by atoms with Crippen molar-refractivity contribution < 1.29 is 14.3 Å². The Balaban J connectivity index is 1.51. The Labute approximate surface area is 184 Å². The number of carbonyl (C=O) groups excluding carboxylic acids is 1. The second kappa shape index (κ2) is 8.17. The molecule has 0 unspecified atom stereocenters. The van der Waals surface area contributed by atoms with Gasteiger partial charge in [0.2, 0.25) is 6.79 Å². The Kier molecular flexibility index (Phi) is 5.21. The van der Waals surface area contributed by atoms with E-state index >= 15 is 0 Å². The van der Waals surface area contributed by atoms with Gasteiger partial charge in [0.1, 0.15) is 0 Å². The molecule has 2 heterocycles. The highest BCUT2D eigenvalue weighted by Crippen LogP contribution is 2.40. The van der Waals surface area contributed by atoms with Crippen molar-refractivity contribution in [3.63, 3.8) is 0 Å². The molecular weight excluding hydrogens is 410 g/mol. The molecule has 0 saturated carbocycles. The van der Waals surface area contributed by atoms with Gasteiger partial charge < -0.3 is 14.4 Å². The lowest BCUT2D eigenvalue weighted by molar-refractivity contribution is 0.0986. The van der Waals surface area contributed by atoms with Crippen LogP contribution in [-0.2, 0) is 0 Å². The maximum Gasteiger partial charge on any atom is 0.260 e. The van der Waals surface area contributed by atoms with Crippen LogP contribution in [0.5, 0.6) is 11.5 Å². The van der Waals surface area contributed by atoms with Gasteiger partial charge >= 0.3 is 0 Å². The number of ether oxygens (including phenoxy) is 2. The summed E-state index contributed by atoms with van der Waals surface area (Å²) in [6.07, 6.45) is 0.852. The molecule has 158 valence electrons. The van der Waals surface area contributed by atoms with Crippen LogP contribution in [0, 0.1) is 0 Å². The summed E-state index contributed by atoms with van der Waals surface area (Å²) in [5.41, 5.74) is 1.48. The summed E-state index contributed by atoms with van der Waals surface area (Å²) in [7, 11) is 4.07. The summed E-state index contributed by atoms with van der Waals surface area (Å²) in [6.45, 7) is 1.72. The number of anilines is 1. The smallest absolute Gasteiger partial charge is 0.260 e. The van der Waals surface area contributed by atoms with Crippen LogP contribution in [0.4, 0.5) is 5.13 Å². The van der Waals surface area contributed by atoms with E-state index in [1.165, 1.54) is 11.3 Å². The molecule has 1 aromatic heterocycles. The number of hydrogen-bond donors (Lipinski definition) is 0. The fraction of sp³-hybridized carbons (Fsp3) is 0.250. The lowest BCUT2D eigenvalue weighted by Gasteiger charge is -2.21. The maximum atomic E-state index is 13.6. The Morgan fingerprint density at radius 2 is 1.77 bits per heavy atom. The minimum Gasteiger partial charge on any atom is -0.454 e. The Bertz CT molecular complexity index is 1230. The predicted octanol–water partition coefficient (Wildman–Crippen LogP) is 4.78. The van der Waals surface area contributed by atoms with Crippen molar-refractivity contribution in [3.05, 3.63) is 60.2 Å². The molecule has 5 rings (SSSR count). The van der Waals surface area contributed by atoms with Gasteiger partial charge in [0, 0.05) is 24.2 Å². The van der Waals surface area contributed by atoms with Gasteiger partial charge in [-0.1, -0.05) is 41.7 Å². The highest BCUT2D eigenvalue weighted by atomic mass is 32.1. The third-order valence-electron chi connectivity index (χ3n) is 5.33. The van der Waals surface area contributed by atoms with Crippen LogP contribution in [0.2, 0.25) is 0 Å². The number of aromatic nitrogens is 1. The first-order valence-electron chi connectivity index (χ1n) is 10.2. The first-order valence-corrected chi connectivity index (χ1v) is 11.1. The van der Waals surface area contributed by atoms with E-state index in [-0.39, 0.29) is 12.7 Å². The van der Waals surface area contributed by atoms with Gasteiger partial charge in [0.25, 0.3) is 5.91 Å². The van der Waals surface area contributed by atoms with Crippen molar-refractivity contribution in [3.8, 4) is 11.5 Å². The van der Waals surface area contributed by atoms with Crippen LogP contribution in [0.3, 0.4) is 0 Å². The lowest BCUT2D eigenvalue weighted by Crippen LogP contribution is -2.33. The number of hydrogen-bond acceptors (Lipinski definition) is 6. The van der Waals surface area contributed by atoms with Crippen LogP contribution in [0.1, 0.15) is 16.8 Å². The fourth-order valence-electron chi connectivity index (χ4n) is 3.73. The van der Waals surface area contributed by atoms with E-state index in [9.17, 15) is 4.79 Å². The van der Waals surface area contributed by atoms with Crippen LogP contribution < -0.4 is 14.4 Å². The number of amides is 1. The lowest BCUT2D eigenvalue weighted by atomic mass is 10.1. The van der Waals surface area contributed by atoms with Gasteiger partial charge in [-0.3, -0.25) is 9.69 Å². The normalized spacial score (nSPS) is 12.7. The van der Waals surface area contributed by atoms with Crippen LogP contribution in [-0.4, -0.2) is 49.8 Å². The SMILES string of the molecule is CN(C)CCCN(C(=O)c1ccc2ccccc2c1)c1nc2cc3c(cc2s1)OCO3. The standard InChI is InChI=1S/C24H23N3O3S/c1-26(2)10-5-11-27(23(28)18-9-8-16-6-3-4-7-17(16)12-18)24-25-19-13-20-21(30-15-29-20)14-22(19)31-24/h3-4,6-9,12-14H,5,10-11,15H2,1-2H3. The largest absolute Gasteiger partial charge is 0.454 e. The first kappa shape index (κ1) is 19.8. The number of fused-ring (bicyclic) bond motifs is 3. The molecule has 1 aliphatic heterocycles. The summed E-state index contributed by atoms with van der Waals surface area (Å²) in [4.78, 5) is 22.3. The second-order valence-corrected chi connectivity index (χ2v) is 8.85. The Morgan fingerprint density at radius 1 is 1.00 bits per heavy atom. The zero-order chi connectivity index (χ0) is 21.4. The molecule has 0 radical (unpaired) electrons. The van der Waals surface area contributed by atoms with Gasteiger partial charge in [0.15, 0.2) is 16.6 Å². The summed E-state index contributed by atoms with van der Waals surface area (Å²) < 4.78 is 12.0. The van der Waals surface area contributed by atoms with E-state index < -0.39 is 0 Å². The zero-order valence-electron chi connectivity index (χ0n) is 17.5. The molecule has 1 aliphatic rings. The molecule has 0 spiro atoms. The van der Waals surface area contributed by atoms with E-state index in [2.05, 4.69) is 11.0 Å². The minimum atomic E-state index is -0.0383.